The normalized spacial score (nSPS) is 8.93. The molecule has 72 valence electrons. The predicted molar refractivity (Wildman–Crippen MR) is 55.0 cm³/mol. The van der Waals surface area contributed by atoms with Crippen LogP contribution in [0.15, 0.2) is 22.8 Å². The molecular formula is C8H6Cl2N4. The molecule has 1 aromatic rings. The van der Waals surface area contributed by atoms with Crippen molar-refractivity contribution < 1.29 is 0 Å². The SMILES string of the molecule is N#Cc1nccc(NCC=C(Cl)Cl)n1. The van der Waals surface area contributed by atoms with Crippen LogP contribution < -0.4 is 5.32 Å². The number of anilines is 1. The van der Waals surface area contributed by atoms with Gasteiger partial charge >= 0.3 is 0 Å². The van der Waals surface area contributed by atoms with Gasteiger partial charge in [0.1, 0.15) is 16.4 Å². The van der Waals surface area contributed by atoms with E-state index in [4.69, 9.17) is 28.5 Å². The van der Waals surface area contributed by atoms with Crippen LogP contribution in [0.2, 0.25) is 0 Å². The predicted octanol–water partition coefficient (Wildman–Crippen LogP) is 2.08. The fourth-order valence-electron chi connectivity index (χ4n) is 0.744. The molecule has 1 aromatic heterocycles. The summed E-state index contributed by atoms with van der Waals surface area (Å²) in [6, 6.07) is 3.49. The van der Waals surface area contributed by atoms with Crippen molar-refractivity contribution in [3.05, 3.63) is 28.7 Å². The van der Waals surface area contributed by atoms with Gasteiger partial charge in [0.05, 0.1) is 0 Å². The maximum absolute atomic E-state index is 8.52. The molecule has 1 rings (SSSR count). The summed E-state index contributed by atoms with van der Waals surface area (Å²) in [5.41, 5.74) is 0. The van der Waals surface area contributed by atoms with Crippen molar-refractivity contribution in [1.29, 1.82) is 5.26 Å². The van der Waals surface area contributed by atoms with Gasteiger partial charge in [-0.15, -0.1) is 0 Å². The standard InChI is InChI=1S/C8H6Cl2N4/c9-6(10)1-3-12-7-2-4-13-8(5-11)14-7/h1-2,4H,3H2,(H,12,13,14). The van der Waals surface area contributed by atoms with E-state index in [1.54, 1.807) is 12.1 Å². The van der Waals surface area contributed by atoms with Crippen molar-refractivity contribution in [2.75, 3.05) is 11.9 Å². The minimum atomic E-state index is 0.121. The first-order chi connectivity index (χ1) is 6.72. The third-order valence-corrected chi connectivity index (χ3v) is 1.60. The third-order valence-electron chi connectivity index (χ3n) is 1.30. The minimum absolute atomic E-state index is 0.121. The van der Waals surface area contributed by atoms with Gasteiger partial charge in [0.15, 0.2) is 0 Å². The Morgan fingerprint density at radius 2 is 2.43 bits per heavy atom. The van der Waals surface area contributed by atoms with Crippen LogP contribution >= 0.6 is 23.2 Å². The van der Waals surface area contributed by atoms with Crippen molar-refractivity contribution in [1.82, 2.24) is 9.97 Å². The van der Waals surface area contributed by atoms with Crippen LogP contribution in [-0.4, -0.2) is 16.5 Å². The molecule has 1 N–H and O–H groups in total. The third kappa shape index (κ3) is 3.60. The Morgan fingerprint density at radius 3 is 3.07 bits per heavy atom. The molecule has 0 saturated heterocycles. The zero-order chi connectivity index (χ0) is 10.4. The Kier molecular flexibility index (Phi) is 4.17. The van der Waals surface area contributed by atoms with Crippen LogP contribution in [0, 0.1) is 11.3 Å². The summed E-state index contributed by atoms with van der Waals surface area (Å²) in [6.45, 7) is 0.449. The highest BCUT2D eigenvalue weighted by atomic mass is 35.5. The van der Waals surface area contributed by atoms with E-state index < -0.39 is 0 Å². The van der Waals surface area contributed by atoms with E-state index in [0.717, 1.165) is 0 Å². The first-order valence-corrected chi connectivity index (χ1v) is 4.46. The number of nitrogens with zero attached hydrogens (tertiary/aromatic N) is 3. The molecule has 0 amide bonds. The molecule has 0 aliphatic rings. The Bertz CT molecular complexity index is 379. The van der Waals surface area contributed by atoms with Crippen molar-refractivity contribution in [3.8, 4) is 6.07 Å². The maximum atomic E-state index is 8.52. The first kappa shape index (κ1) is 10.8. The van der Waals surface area contributed by atoms with Gasteiger partial charge in [-0.05, 0) is 12.1 Å². The highest BCUT2D eigenvalue weighted by Gasteiger charge is 1.95. The maximum Gasteiger partial charge on any atom is 0.234 e. The molecule has 0 fully saturated rings. The van der Waals surface area contributed by atoms with Crippen LogP contribution in [0.5, 0.6) is 0 Å². The molecule has 0 bridgehead atoms. The second kappa shape index (κ2) is 5.43. The molecule has 0 aliphatic carbocycles. The molecule has 1 heterocycles. The van der Waals surface area contributed by atoms with Gasteiger partial charge in [-0.25, -0.2) is 9.97 Å². The molecule has 4 nitrogen and oxygen atoms in total. The monoisotopic (exact) mass is 228 g/mol. The van der Waals surface area contributed by atoms with Gasteiger partial charge in [0, 0.05) is 12.7 Å². The van der Waals surface area contributed by atoms with Gasteiger partial charge in [-0.1, -0.05) is 23.2 Å². The van der Waals surface area contributed by atoms with E-state index in [-0.39, 0.29) is 10.3 Å². The van der Waals surface area contributed by atoms with Crippen LogP contribution in [0.3, 0.4) is 0 Å². The number of hydrogen-bond acceptors (Lipinski definition) is 4. The van der Waals surface area contributed by atoms with Crippen molar-refractivity contribution >= 4 is 29.0 Å². The van der Waals surface area contributed by atoms with E-state index in [2.05, 4.69) is 15.3 Å². The molecular weight excluding hydrogens is 223 g/mol. The quantitative estimate of drug-likeness (QED) is 0.861. The Hall–Kier alpha value is -1.31. The Labute approximate surface area is 91.2 Å². The highest BCUT2D eigenvalue weighted by molar-refractivity contribution is 6.55. The lowest BCUT2D eigenvalue weighted by molar-refractivity contribution is 1.10. The Morgan fingerprint density at radius 1 is 1.64 bits per heavy atom. The first-order valence-electron chi connectivity index (χ1n) is 3.70. The van der Waals surface area contributed by atoms with Crippen LogP contribution in [0.4, 0.5) is 5.82 Å². The fraction of sp³-hybridized carbons (Fsp3) is 0.125. The molecule has 0 unspecified atom stereocenters. The summed E-state index contributed by atoms with van der Waals surface area (Å²) in [6.07, 6.45) is 3.08. The van der Waals surface area contributed by atoms with E-state index in [1.165, 1.54) is 6.20 Å². The molecule has 0 radical (unpaired) electrons. The van der Waals surface area contributed by atoms with E-state index in [9.17, 15) is 0 Å². The number of nitrogens with one attached hydrogen (secondary N) is 1. The zero-order valence-electron chi connectivity index (χ0n) is 7.04. The van der Waals surface area contributed by atoms with E-state index >= 15 is 0 Å². The van der Waals surface area contributed by atoms with Gasteiger partial charge in [-0.3, -0.25) is 0 Å². The average Bonchev–Trinajstić information content (AvgIpc) is 2.18. The summed E-state index contributed by atoms with van der Waals surface area (Å²) < 4.78 is 0.187. The fourth-order valence-corrected chi connectivity index (χ4v) is 0.898. The smallest absolute Gasteiger partial charge is 0.234 e. The number of nitriles is 1. The lowest BCUT2D eigenvalue weighted by atomic mass is 10.5. The molecule has 0 aromatic carbocycles. The second-order valence-electron chi connectivity index (χ2n) is 2.25. The van der Waals surface area contributed by atoms with E-state index in [0.29, 0.717) is 12.4 Å². The summed E-state index contributed by atoms with van der Waals surface area (Å²) >= 11 is 10.8. The summed E-state index contributed by atoms with van der Waals surface area (Å²) in [5, 5.41) is 11.4. The summed E-state index contributed by atoms with van der Waals surface area (Å²) in [7, 11) is 0. The van der Waals surface area contributed by atoms with Gasteiger partial charge in [0.2, 0.25) is 5.82 Å². The molecule has 0 saturated carbocycles. The van der Waals surface area contributed by atoms with Crippen LogP contribution in [-0.2, 0) is 0 Å². The van der Waals surface area contributed by atoms with Gasteiger partial charge in [0.25, 0.3) is 0 Å². The van der Waals surface area contributed by atoms with Crippen molar-refractivity contribution in [3.63, 3.8) is 0 Å². The lowest BCUT2D eigenvalue weighted by Gasteiger charge is -2.00. The van der Waals surface area contributed by atoms with Crippen molar-refractivity contribution in [2.45, 2.75) is 0 Å². The zero-order valence-corrected chi connectivity index (χ0v) is 8.55. The number of aromatic nitrogens is 2. The summed E-state index contributed by atoms with van der Waals surface area (Å²) in [5.74, 6) is 0.679. The highest BCUT2D eigenvalue weighted by Crippen LogP contribution is 2.06. The van der Waals surface area contributed by atoms with Gasteiger partial charge in [-0.2, -0.15) is 5.26 Å². The number of rotatable bonds is 3. The molecule has 0 aliphatic heterocycles. The lowest BCUT2D eigenvalue weighted by Crippen LogP contribution is -2.02. The van der Waals surface area contributed by atoms with Gasteiger partial charge < -0.3 is 5.32 Å². The topological polar surface area (TPSA) is 61.6 Å². The van der Waals surface area contributed by atoms with E-state index in [1.807, 2.05) is 6.07 Å². The minimum Gasteiger partial charge on any atom is -0.366 e. The van der Waals surface area contributed by atoms with Crippen molar-refractivity contribution in [2.24, 2.45) is 0 Å². The van der Waals surface area contributed by atoms with Crippen LogP contribution in [0.25, 0.3) is 0 Å². The summed E-state index contributed by atoms with van der Waals surface area (Å²) in [4.78, 5) is 7.61. The largest absolute Gasteiger partial charge is 0.366 e. The molecule has 0 atom stereocenters. The molecule has 14 heavy (non-hydrogen) atoms. The van der Waals surface area contributed by atoms with Crippen LogP contribution in [0.1, 0.15) is 5.82 Å². The molecule has 6 heteroatoms. The Balaban J connectivity index is 2.60. The second-order valence-corrected chi connectivity index (χ2v) is 3.26. The molecule has 0 spiro atoms. The number of halogens is 2. The number of hydrogen-bond donors (Lipinski definition) is 1. The average molecular weight is 229 g/mol.